The third kappa shape index (κ3) is 3.05. The monoisotopic (exact) mass is 340 g/mol. The molecule has 1 heterocycles. The minimum absolute atomic E-state index is 0.153. The maximum Gasteiger partial charge on any atom is 0.253 e. The molecule has 1 N–H and O–H groups in total. The van der Waals surface area contributed by atoms with Crippen LogP contribution in [0, 0.1) is 6.92 Å². The zero-order valence-corrected chi connectivity index (χ0v) is 14.2. The van der Waals surface area contributed by atoms with Gasteiger partial charge in [0.1, 0.15) is 0 Å². The number of hydrogen-bond donors (Lipinski definition) is 1. The van der Waals surface area contributed by atoms with Crippen molar-refractivity contribution in [2.24, 2.45) is 0 Å². The van der Waals surface area contributed by atoms with Crippen molar-refractivity contribution in [3.05, 3.63) is 70.4 Å². The Morgan fingerprint density at radius 3 is 2.62 bits per heavy atom. The van der Waals surface area contributed by atoms with Gasteiger partial charge in [0, 0.05) is 30.1 Å². The van der Waals surface area contributed by atoms with E-state index in [0.29, 0.717) is 28.0 Å². The molecule has 0 aliphatic carbocycles. The maximum atomic E-state index is 12.6. The highest BCUT2D eigenvalue weighted by atomic mass is 35.5. The number of hydrogen-bond acceptors (Lipinski definition) is 2. The fourth-order valence-corrected chi connectivity index (χ4v) is 2.89. The summed E-state index contributed by atoms with van der Waals surface area (Å²) in [4.78, 5) is 24.4. The van der Waals surface area contributed by atoms with E-state index < -0.39 is 0 Å². The molecule has 0 unspecified atom stereocenters. The first-order valence-electron chi connectivity index (χ1n) is 7.61. The van der Waals surface area contributed by atoms with Crippen LogP contribution >= 0.6 is 11.6 Å². The van der Waals surface area contributed by atoms with E-state index in [4.69, 9.17) is 11.6 Å². The largest absolute Gasteiger partial charge is 0.348 e. The molecular weight excluding hydrogens is 324 g/mol. The molecule has 3 aromatic rings. The third-order valence-electron chi connectivity index (χ3n) is 4.05. The molecule has 2 aromatic carbocycles. The number of carbonyl (C=O) groups excluding carboxylic acids is 2. The van der Waals surface area contributed by atoms with Gasteiger partial charge in [-0.25, -0.2) is 0 Å². The van der Waals surface area contributed by atoms with Gasteiger partial charge in [0.25, 0.3) is 5.91 Å². The lowest BCUT2D eigenvalue weighted by Gasteiger charge is -2.07. The molecule has 0 bridgehead atoms. The van der Waals surface area contributed by atoms with E-state index in [9.17, 15) is 9.59 Å². The molecule has 4 nitrogen and oxygen atoms in total. The Morgan fingerprint density at radius 2 is 1.92 bits per heavy atom. The lowest BCUT2D eigenvalue weighted by Crippen LogP contribution is -2.23. The Kier molecular flexibility index (Phi) is 4.40. The van der Waals surface area contributed by atoms with Crippen molar-refractivity contribution in [1.82, 2.24) is 9.88 Å². The fourth-order valence-electron chi connectivity index (χ4n) is 2.72. The molecule has 3 rings (SSSR count). The van der Waals surface area contributed by atoms with Crippen LogP contribution in [0.3, 0.4) is 0 Å². The third-order valence-corrected chi connectivity index (χ3v) is 4.29. The molecule has 0 saturated heterocycles. The topological polar surface area (TPSA) is 51.1 Å². The van der Waals surface area contributed by atoms with Crippen LogP contribution in [-0.2, 0) is 6.54 Å². The molecule has 0 aliphatic rings. The second-order valence-electron chi connectivity index (χ2n) is 5.70. The Morgan fingerprint density at radius 1 is 1.17 bits per heavy atom. The van der Waals surface area contributed by atoms with Crippen molar-refractivity contribution in [3.8, 4) is 0 Å². The molecule has 0 aliphatic heterocycles. The van der Waals surface area contributed by atoms with Gasteiger partial charge in [-0.3, -0.25) is 14.2 Å². The fraction of sp³-hybridized carbons (Fsp3) is 0.158. The number of rotatable bonds is 3. The van der Waals surface area contributed by atoms with Crippen molar-refractivity contribution in [2.75, 3.05) is 0 Å². The maximum absolute atomic E-state index is 12.6. The summed E-state index contributed by atoms with van der Waals surface area (Å²) in [7, 11) is 0. The molecule has 0 spiro atoms. The van der Waals surface area contributed by atoms with Crippen LogP contribution in [0.15, 0.2) is 48.7 Å². The van der Waals surface area contributed by atoms with Gasteiger partial charge >= 0.3 is 0 Å². The summed E-state index contributed by atoms with van der Waals surface area (Å²) in [5.41, 5.74) is 3.29. The normalized spacial score (nSPS) is 10.8. The highest BCUT2D eigenvalue weighted by molar-refractivity contribution is 6.31. The average Bonchev–Trinajstić information content (AvgIpc) is 2.92. The summed E-state index contributed by atoms with van der Waals surface area (Å²) in [6, 6.07) is 13.0. The van der Waals surface area contributed by atoms with Crippen molar-refractivity contribution in [2.45, 2.75) is 20.4 Å². The van der Waals surface area contributed by atoms with Gasteiger partial charge in [-0.05, 0) is 36.2 Å². The van der Waals surface area contributed by atoms with Crippen molar-refractivity contribution < 1.29 is 9.59 Å². The number of aromatic nitrogens is 1. The summed E-state index contributed by atoms with van der Waals surface area (Å²) in [6.45, 7) is 3.89. The van der Waals surface area contributed by atoms with Crippen LogP contribution in [0.1, 0.15) is 33.2 Å². The van der Waals surface area contributed by atoms with E-state index in [1.807, 2.05) is 31.2 Å². The summed E-state index contributed by atoms with van der Waals surface area (Å²) < 4.78 is 1.47. The van der Waals surface area contributed by atoms with E-state index in [2.05, 4.69) is 5.32 Å². The van der Waals surface area contributed by atoms with E-state index in [1.165, 1.54) is 11.5 Å². The number of nitrogens with zero attached hydrogens (tertiary/aromatic N) is 1. The Hall–Kier alpha value is -2.59. The number of aryl methyl sites for hydroxylation is 1. The molecule has 5 heteroatoms. The summed E-state index contributed by atoms with van der Waals surface area (Å²) >= 11 is 6.05. The first-order valence-corrected chi connectivity index (χ1v) is 7.99. The number of benzene rings is 2. The van der Waals surface area contributed by atoms with E-state index in [1.54, 1.807) is 24.4 Å². The predicted octanol–water partition coefficient (Wildman–Crippen LogP) is 4.19. The quantitative estimate of drug-likeness (QED) is 0.777. The lowest BCUT2D eigenvalue weighted by atomic mass is 10.1. The van der Waals surface area contributed by atoms with Gasteiger partial charge < -0.3 is 5.32 Å². The highest BCUT2D eigenvalue weighted by Crippen LogP contribution is 2.25. The van der Waals surface area contributed by atoms with E-state index >= 15 is 0 Å². The van der Waals surface area contributed by atoms with Crippen molar-refractivity contribution in [3.63, 3.8) is 0 Å². The average molecular weight is 341 g/mol. The smallest absolute Gasteiger partial charge is 0.253 e. The summed E-state index contributed by atoms with van der Waals surface area (Å²) in [5.74, 6) is -0.384. The molecule has 1 aromatic heterocycles. The molecule has 0 saturated carbocycles. The standard InChI is InChI=1S/C19H17ClN2O2/c1-12-5-3-4-6-14(12)10-21-19(24)17-11-22(13(2)23)18-8-7-15(20)9-16(17)18/h3-9,11H,10H2,1-2H3,(H,21,24). The van der Waals surface area contributed by atoms with Gasteiger partial charge in [0.05, 0.1) is 11.1 Å². The Labute approximate surface area is 145 Å². The van der Waals surface area contributed by atoms with Gasteiger partial charge in [0.15, 0.2) is 0 Å². The first-order chi connectivity index (χ1) is 11.5. The van der Waals surface area contributed by atoms with Crippen LogP contribution in [0.5, 0.6) is 0 Å². The van der Waals surface area contributed by atoms with Gasteiger partial charge in [-0.1, -0.05) is 35.9 Å². The number of nitrogens with one attached hydrogen (secondary N) is 1. The Bertz CT molecular complexity index is 944. The number of halogens is 1. The van der Waals surface area contributed by atoms with Crippen LogP contribution < -0.4 is 5.32 Å². The lowest BCUT2D eigenvalue weighted by molar-refractivity contribution is 0.0941. The highest BCUT2D eigenvalue weighted by Gasteiger charge is 2.17. The van der Waals surface area contributed by atoms with Crippen LogP contribution in [0.25, 0.3) is 10.9 Å². The molecular formula is C19H17ClN2O2. The predicted molar refractivity (Wildman–Crippen MR) is 95.6 cm³/mol. The van der Waals surface area contributed by atoms with Crippen molar-refractivity contribution >= 4 is 34.3 Å². The zero-order valence-electron chi connectivity index (χ0n) is 13.5. The van der Waals surface area contributed by atoms with E-state index in [0.717, 1.165) is 11.1 Å². The molecule has 24 heavy (non-hydrogen) atoms. The minimum Gasteiger partial charge on any atom is -0.348 e. The number of amides is 1. The summed E-state index contributed by atoms with van der Waals surface area (Å²) in [6.07, 6.45) is 1.57. The molecule has 0 atom stereocenters. The van der Waals surface area contributed by atoms with Crippen molar-refractivity contribution in [1.29, 1.82) is 0 Å². The molecule has 0 radical (unpaired) electrons. The second-order valence-corrected chi connectivity index (χ2v) is 6.14. The van der Waals surface area contributed by atoms with Gasteiger partial charge in [-0.2, -0.15) is 0 Å². The SMILES string of the molecule is CC(=O)n1cc(C(=O)NCc2ccccc2C)c2cc(Cl)ccc21. The van der Waals surface area contributed by atoms with Crippen LogP contribution in [0.4, 0.5) is 0 Å². The molecule has 1 amide bonds. The van der Waals surface area contributed by atoms with Gasteiger partial charge in [0.2, 0.25) is 5.91 Å². The van der Waals surface area contributed by atoms with Gasteiger partial charge in [-0.15, -0.1) is 0 Å². The molecule has 122 valence electrons. The Balaban J connectivity index is 1.93. The van der Waals surface area contributed by atoms with E-state index in [-0.39, 0.29) is 11.8 Å². The summed E-state index contributed by atoms with van der Waals surface area (Å²) in [5, 5.41) is 4.10. The first kappa shape index (κ1) is 16.3. The van der Waals surface area contributed by atoms with Crippen LogP contribution in [-0.4, -0.2) is 16.4 Å². The zero-order chi connectivity index (χ0) is 17.3. The molecule has 0 fully saturated rings. The minimum atomic E-state index is -0.231. The number of fused-ring (bicyclic) bond motifs is 1. The van der Waals surface area contributed by atoms with Crippen LogP contribution in [0.2, 0.25) is 5.02 Å². The second kappa shape index (κ2) is 6.49. The number of carbonyl (C=O) groups is 2.